The van der Waals surface area contributed by atoms with Gasteiger partial charge in [0.15, 0.2) is 0 Å². The molecule has 0 spiro atoms. The van der Waals surface area contributed by atoms with Gasteiger partial charge >= 0.3 is 0 Å². The molecule has 0 radical (unpaired) electrons. The number of hydrogen-bond donors (Lipinski definition) is 2. The van der Waals surface area contributed by atoms with E-state index in [0.717, 1.165) is 38.8 Å². The van der Waals surface area contributed by atoms with E-state index in [9.17, 15) is 4.79 Å². The van der Waals surface area contributed by atoms with Crippen molar-refractivity contribution in [2.45, 2.75) is 45.3 Å². The highest BCUT2D eigenvalue weighted by molar-refractivity contribution is 5.85. The quantitative estimate of drug-likeness (QED) is 0.845. The van der Waals surface area contributed by atoms with Crippen molar-refractivity contribution in [3.63, 3.8) is 0 Å². The number of hydrogen-bond acceptors (Lipinski definition) is 3. The summed E-state index contributed by atoms with van der Waals surface area (Å²) in [6.07, 6.45) is 3.98. The van der Waals surface area contributed by atoms with Gasteiger partial charge in [0.05, 0.1) is 5.41 Å². The molecule has 1 heterocycles. The number of amides is 1. The summed E-state index contributed by atoms with van der Waals surface area (Å²) in [6.45, 7) is 3.19. The minimum Gasteiger partial charge on any atom is -0.385 e. The molecule has 1 aliphatic heterocycles. The number of benzene rings is 1. The maximum Gasteiger partial charge on any atom is 0.226 e. The van der Waals surface area contributed by atoms with Gasteiger partial charge in [0, 0.05) is 33.4 Å². The molecular formula is C17H25ClN2O2. The lowest BCUT2D eigenvalue weighted by Crippen LogP contribution is -2.46. The Labute approximate surface area is 138 Å². The van der Waals surface area contributed by atoms with E-state index >= 15 is 0 Å². The molecular weight excluding hydrogens is 300 g/mol. The minimum absolute atomic E-state index is 0. The van der Waals surface area contributed by atoms with Crippen molar-refractivity contribution >= 4 is 18.3 Å². The van der Waals surface area contributed by atoms with Gasteiger partial charge in [-0.1, -0.05) is 24.6 Å². The second-order valence-corrected chi connectivity index (χ2v) is 6.27. The summed E-state index contributed by atoms with van der Waals surface area (Å²) in [7, 11) is 1.70. The highest BCUT2D eigenvalue weighted by Gasteiger charge is 2.43. The number of ether oxygens (including phenoxy) is 1. The average Bonchev–Trinajstić information content (AvgIpc) is 2.91. The Balaban J connectivity index is 0.00000176. The standard InChI is InChI=1S/C17H24N2O2.ClH/c1-21-8-7-17(5-2-6-17)16(20)19-10-13-3-4-14-11-18-12-15(14)9-13;/h3-4,9,18H,2,5-8,10-12H2,1H3,(H,19,20);1H. The van der Waals surface area contributed by atoms with Crippen molar-refractivity contribution in [1.82, 2.24) is 10.6 Å². The first-order valence-electron chi connectivity index (χ1n) is 7.82. The van der Waals surface area contributed by atoms with Crippen LogP contribution >= 0.6 is 12.4 Å². The van der Waals surface area contributed by atoms with Crippen molar-refractivity contribution in [2.75, 3.05) is 13.7 Å². The number of nitrogens with one attached hydrogen (secondary N) is 2. The Morgan fingerprint density at radius 1 is 1.32 bits per heavy atom. The molecule has 1 saturated carbocycles. The maximum atomic E-state index is 12.5. The van der Waals surface area contributed by atoms with E-state index in [-0.39, 0.29) is 23.7 Å². The molecule has 3 rings (SSSR count). The second-order valence-electron chi connectivity index (χ2n) is 6.27. The van der Waals surface area contributed by atoms with Gasteiger partial charge in [0.1, 0.15) is 0 Å². The number of halogens is 1. The summed E-state index contributed by atoms with van der Waals surface area (Å²) in [5, 5.41) is 6.47. The zero-order valence-corrected chi connectivity index (χ0v) is 13.9. The fourth-order valence-electron chi connectivity index (χ4n) is 3.32. The zero-order chi connectivity index (χ0) is 14.7. The normalized spacial score (nSPS) is 18.0. The Bertz CT molecular complexity index is 529. The molecule has 1 aromatic rings. The van der Waals surface area contributed by atoms with Crippen molar-refractivity contribution in [3.8, 4) is 0 Å². The van der Waals surface area contributed by atoms with Crippen LogP contribution < -0.4 is 10.6 Å². The van der Waals surface area contributed by atoms with E-state index in [1.165, 1.54) is 16.7 Å². The van der Waals surface area contributed by atoms with E-state index < -0.39 is 0 Å². The Hall–Kier alpha value is -1.10. The topological polar surface area (TPSA) is 50.4 Å². The van der Waals surface area contributed by atoms with Crippen LogP contribution in [0.3, 0.4) is 0 Å². The largest absolute Gasteiger partial charge is 0.385 e. The molecule has 0 unspecified atom stereocenters. The molecule has 2 aliphatic rings. The molecule has 0 atom stereocenters. The van der Waals surface area contributed by atoms with Crippen LogP contribution in [0.1, 0.15) is 42.4 Å². The molecule has 2 N–H and O–H groups in total. The van der Waals surface area contributed by atoms with E-state index in [1.807, 2.05) is 0 Å². The van der Waals surface area contributed by atoms with Crippen LogP contribution in [0.25, 0.3) is 0 Å². The highest BCUT2D eigenvalue weighted by Crippen LogP contribution is 2.44. The fourth-order valence-corrected chi connectivity index (χ4v) is 3.32. The number of rotatable bonds is 6. The molecule has 0 bridgehead atoms. The van der Waals surface area contributed by atoms with E-state index in [0.29, 0.717) is 13.2 Å². The first kappa shape index (κ1) is 17.3. The zero-order valence-electron chi connectivity index (χ0n) is 13.1. The van der Waals surface area contributed by atoms with Gasteiger partial charge in [-0.05, 0) is 36.0 Å². The third-order valence-corrected chi connectivity index (χ3v) is 4.93. The van der Waals surface area contributed by atoms with E-state index in [4.69, 9.17) is 4.74 Å². The molecule has 0 saturated heterocycles. The van der Waals surface area contributed by atoms with E-state index in [2.05, 4.69) is 28.8 Å². The fraction of sp³-hybridized carbons (Fsp3) is 0.588. The molecule has 0 aromatic heterocycles. The number of carbonyl (C=O) groups is 1. The molecule has 1 aromatic carbocycles. The van der Waals surface area contributed by atoms with Crippen LogP contribution in [0.15, 0.2) is 18.2 Å². The van der Waals surface area contributed by atoms with Gasteiger partial charge in [0.25, 0.3) is 0 Å². The van der Waals surface area contributed by atoms with Gasteiger partial charge in [-0.2, -0.15) is 0 Å². The monoisotopic (exact) mass is 324 g/mol. The SMILES string of the molecule is COCCC1(C(=O)NCc2ccc3c(c2)CNC3)CCC1.Cl. The molecule has 4 nitrogen and oxygen atoms in total. The average molecular weight is 325 g/mol. The van der Waals surface area contributed by atoms with Crippen LogP contribution in [0.5, 0.6) is 0 Å². The third kappa shape index (κ3) is 3.45. The highest BCUT2D eigenvalue weighted by atomic mass is 35.5. The number of carbonyl (C=O) groups excluding carboxylic acids is 1. The van der Waals surface area contributed by atoms with Gasteiger partial charge < -0.3 is 15.4 Å². The lowest BCUT2D eigenvalue weighted by Gasteiger charge is -2.40. The summed E-state index contributed by atoms with van der Waals surface area (Å²) in [4.78, 5) is 12.5. The summed E-state index contributed by atoms with van der Waals surface area (Å²) in [5.41, 5.74) is 3.75. The predicted octanol–water partition coefficient (Wildman–Crippen LogP) is 2.53. The van der Waals surface area contributed by atoms with Crippen LogP contribution in [-0.4, -0.2) is 19.6 Å². The minimum atomic E-state index is -0.172. The predicted molar refractivity (Wildman–Crippen MR) is 88.9 cm³/mol. The molecule has 1 amide bonds. The van der Waals surface area contributed by atoms with Crippen LogP contribution in [0.2, 0.25) is 0 Å². The third-order valence-electron chi connectivity index (χ3n) is 4.93. The van der Waals surface area contributed by atoms with Crippen molar-refractivity contribution < 1.29 is 9.53 Å². The van der Waals surface area contributed by atoms with Crippen LogP contribution in [0, 0.1) is 5.41 Å². The van der Waals surface area contributed by atoms with Gasteiger partial charge in [-0.3, -0.25) is 4.79 Å². The summed E-state index contributed by atoms with van der Waals surface area (Å²) in [6, 6.07) is 6.49. The van der Waals surface area contributed by atoms with Crippen molar-refractivity contribution in [3.05, 3.63) is 34.9 Å². The Kier molecular flexibility index (Phi) is 5.84. The maximum absolute atomic E-state index is 12.5. The first-order valence-corrected chi connectivity index (χ1v) is 7.82. The summed E-state index contributed by atoms with van der Waals surface area (Å²) < 4.78 is 5.15. The van der Waals surface area contributed by atoms with Gasteiger partial charge in [0.2, 0.25) is 5.91 Å². The first-order chi connectivity index (χ1) is 10.2. The van der Waals surface area contributed by atoms with Gasteiger partial charge in [-0.25, -0.2) is 0 Å². The lowest BCUT2D eigenvalue weighted by atomic mass is 9.66. The number of methoxy groups -OCH3 is 1. The summed E-state index contributed by atoms with van der Waals surface area (Å²) in [5.74, 6) is 0.199. The van der Waals surface area contributed by atoms with Crippen LogP contribution in [-0.2, 0) is 29.2 Å². The molecule has 1 aliphatic carbocycles. The number of fused-ring (bicyclic) bond motifs is 1. The van der Waals surface area contributed by atoms with E-state index in [1.54, 1.807) is 7.11 Å². The van der Waals surface area contributed by atoms with Crippen LogP contribution in [0.4, 0.5) is 0 Å². The molecule has 22 heavy (non-hydrogen) atoms. The summed E-state index contributed by atoms with van der Waals surface area (Å²) >= 11 is 0. The lowest BCUT2D eigenvalue weighted by molar-refractivity contribution is -0.137. The molecule has 122 valence electrons. The Morgan fingerprint density at radius 2 is 2.09 bits per heavy atom. The second kappa shape index (κ2) is 7.44. The Morgan fingerprint density at radius 3 is 2.77 bits per heavy atom. The molecule has 1 fully saturated rings. The smallest absolute Gasteiger partial charge is 0.226 e. The van der Waals surface area contributed by atoms with Crippen molar-refractivity contribution in [2.24, 2.45) is 5.41 Å². The van der Waals surface area contributed by atoms with Crippen molar-refractivity contribution in [1.29, 1.82) is 0 Å². The van der Waals surface area contributed by atoms with Gasteiger partial charge in [-0.15, -0.1) is 12.4 Å². The molecule has 5 heteroatoms.